The SMILES string of the molecule is O=S(=O)(O)c1ccc(-c2ccc(Cl)cc2)cc1. The molecule has 17 heavy (non-hydrogen) atoms. The van der Waals surface area contributed by atoms with Crippen LogP contribution in [0.4, 0.5) is 0 Å². The minimum absolute atomic E-state index is 0.116. The number of hydrogen-bond donors (Lipinski definition) is 1. The van der Waals surface area contributed by atoms with Gasteiger partial charge in [0, 0.05) is 5.02 Å². The van der Waals surface area contributed by atoms with Crippen LogP contribution in [0, 0.1) is 0 Å². The summed E-state index contributed by atoms with van der Waals surface area (Å²) in [5, 5.41) is 0.642. The quantitative estimate of drug-likeness (QED) is 0.851. The van der Waals surface area contributed by atoms with Gasteiger partial charge in [0.05, 0.1) is 4.90 Å². The Morgan fingerprint density at radius 1 is 0.824 bits per heavy atom. The average molecular weight is 269 g/mol. The standard InChI is InChI=1S/C12H9ClO3S/c13-11-5-1-9(2-6-11)10-3-7-12(8-4-10)17(14,15)16/h1-8H,(H,14,15,16). The van der Waals surface area contributed by atoms with E-state index in [2.05, 4.69) is 0 Å². The zero-order valence-corrected chi connectivity index (χ0v) is 10.2. The van der Waals surface area contributed by atoms with Crippen molar-refractivity contribution >= 4 is 21.7 Å². The molecule has 0 saturated carbocycles. The van der Waals surface area contributed by atoms with Crippen LogP contribution in [0.15, 0.2) is 53.4 Å². The van der Waals surface area contributed by atoms with Crippen LogP contribution in [0.3, 0.4) is 0 Å². The minimum Gasteiger partial charge on any atom is -0.282 e. The average Bonchev–Trinajstić information content (AvgIpc) is 2.29. The maximum atomic E-state index is 10.9. The molecule has 0 aliphatic rings. The molecule has 0 spiro atoms. The summed E-state index contributed by atoms with van der Waals surface area (Å²) in [4.78, 5) is -0.116. The van der Waals surface area contributed by atoms with E-state index in [0.29, 0.717) is 5.02 Å². The first kappa shape index (κ1) is 12.1. The Balaban J connectivity index is 2.39. The smallest absolute Gasteiger partial charge is 0.282 e. The van der Waals surface area contributed by atoms with E-state index >= 15 is 0 Å². The third-order valence-corrected chi connectivity index (χ3v) is 3.45. The fourth-order valence-electron chi connectivity index (χ4n) is 1.46. The fraction of sp³-hybridized carbons (Fsp3) is 0. The molecule has 1 N–H and O–H groups in total. The summed E-state index contributed by atoms with van der Waals surface area (Å²) in [6, 6.07) is 13.2. The van der Waals surface area contributed by atoms with Gasteiger partial charge in [0.25, 0.3) is 10.1 Å². The third-order valence-electron chi connectivity index (χ3n) is 2.33. The molecule has 0 amide bonds. The Kier molecular flexibility index (Phi) is 3.19. The first-order chi connectivity index (χ1) is 7.97. The summed E-state index contributed by atoms with van der Waals surface area (Å²) >= 11 is 5.77. The summed E-state index contributed by atoms with van der Waals surface area (Å²) in [5.41, 5.74) is 1.78. The van der Waals surface area contributed by atoms with Crippen molar-refractivity contribution < 1.29 is 13.0 Å². The number of rotatable bonds is 2. The van der Waals surface area contributed by atoms with Gasteiger partial charge in [-0.1, -0.05) is 35.9 Å². The molecule has 2 rings (SSSR count). The molecule has 0 fully saturated rings. The van der Waals surface area contributed by atoms with Crippen molar-refractivity contribution in [2.24, 2.45) is 0 Å². The first-order valence-corrected chi connectivity index (χ1v) is 6.62. The molecule has 0 aliphatic heterocycles. The molecule has 2 aromatic carbocycles. The molecule has 2 aromatic rings. The lowest BCUT2D eigenvalue weighted by molar-refractivity contribution is 0.483. The maximum Gasteiger partial charge on any atom is 0.294 e. The van der Waals surface area contributed by atoms with E-state index in [9.17, 15) is 8.42 Å². The van der Waals surface area contributed by atoms with Gasteiger partial charge in [-0.05, 0) is 35.4 Å². The van der Waals surface area contributed by atoms with Crippen molar-refractivity contribution in [2.75, 3.05) is 0 Å². The van der Waals surface area contributed by atoms with Gasteiger partial charge in [-0.15, -0.1) is 0 Å². The molecule has 0 bridgehead atoms. The molecule has 0 radical (unpaired) electrons. The Morgan fingerprint density at radius 2 is 1.24 bits per heavy atom. The van der Waals surface area contributed by atoms with E-state index in [1.165, 1.54) is 12.1 Å². The lowest BCUT2D eigenvalue weighted by atomic mass is 10.1. The lowest BCUT2D eigenvalue weighted by Gasteiger charge is -2.02. The minimum atomic E-state index is -4.13. The highest BCUT2D eigenvalue weighted by atomic mass is 35.5. The third kappa shape index (κ3) is 2.85. The van der Waals surface area contributed by atoms with Crippen molar-refractivity contribution in [3.05, 3.63) is 53.6 Å². The number of halogens is 1. The molecule has 5 heteroatoms. The normalized spacial score (nSPS) is 11.4. The molecular weight excluding hydrogens is 260 g/mol. The summed E-state index contributed by atoms with van der Waals surface area (Å²) in [6.07, 6.45) is 0. The Labute approximate surface area is 104 Å². The van der Waals surface area contributed by atoms with E-state index < -0.39 is 10.1 Å². The van der Waals surface area contributed by atoms with E-state index in [0.717, 1.165) is 11.1 Å². The summed E-state index contributed by atoms with van der Waals surface area (Å²) in [5.74, 6) is 0. The molecule has 0 aliphatic carbocycles. The van der Waals surface area contributed by atoms with E-state index in [-0.39, 0.29) is 4.90 Å². The Bertz CT molecular complexity index is 616. The largest absolute Gasteiger partial charge is 0.294 e. The second-order valence-corrected chi connectivity index (χ2v) is 5.36. The monoisotopic (exact) mass is 268 g/mol. The number of benzene rings is 2. The second-order valence-electron chi connectivity index (χ2n) is 3.51. The summed E-state index contributed by atoms with van der Waals surface area (Å²) in [7, 11) is -4.13. The molecular formula is C12H9ClO3S. The van der Waals surface area contributed by atoms with Gasteiger partial charge in [-0.25, -0.2) is 0 Å². The zero-order valence-electron chi connectivity index (χ0n) is 8.67. The lowest BCUT2D eigenvalue weighted by Crippen LogP contribution is -1.97. The molecule has 0 aromatic heterocycles. The van der Waals surface area contributed by atoms with Gasteiger partial charge in [0.1, 0.15) is 0 Å². The van der Waals surface area contributed by atoms with Crippen LogP contribution in [0.2, 0.25) is 5.02 Å². The topological polar surface area (TPSA) is 54.4 Å². The number of hydrogen-bond acceptors (Lipinski definition) is 2. The van der Waals surface area contributed by atoms with Crippen LogP contribution < -0.4 is 0 Å². The van der Waals surface area contributed by atoms with Gasteiger partial charge in [0.2, 0.25) is 0 Å². The Hall–Kier alpha value is -1.36. The second kappa shape index (κ2) is 4.49. The van der Waals surface area contributed by atoms with Gasteiger partial charge >= 0.3 is 0 Å². The van der Waals surface area contributed by atoms with Gasteiger partial charge in [-0.3, -0.25) is 4.55 Å². The van der Waals surface area contributed by atoms with Crippen molar-refractivity contribution in [1.29, 1.82) is 0 Å². The predicted octanol–water partition coefficient (Wildman–Crippen LogP) is 3.25. The van der Waals surface area contributed by atoms with Crippen LogP contribution in [0.5, 0.6) is 0 Å². The van der Waals surface area contributed by atoms with Crippen LogP contribution in [0.25, 0.3) is 11.1 Å². The van der Waals surface area contributed by atoms with Crippen LogP contribution in [0.1, 0.15) is 0 Å². The van der Waals surface area contributed by atoms with Crippen LogP contribution in [-0.2, 0) is 10.1 Å². The Morgan fingerprint density at radius 3 is 1.65 bits per heavy atom. The molecule has 0 atom stereocenters. The van der Waals surface area contributed by atoms with Crippen LogP contribution in [-0.4, -0.2) is 13.0 Å². The van der Waals surface area contributed by atoms with E-state index in [1.807, 2.05) is 12.1 Å². The molecule has 3 nitrogen and oxygen atoms in total. The van der Waals surface area contributed by atoms with E-state index in [1.54, 1.807) is 24.3 Å². The highest BCUT2D eigenvalue weighted by Gasteiger charge is 2.08. The summed E-state index contributed by atoms with van der Waals surface area (Å²) in [6.45, 7) is 0. The van der Waals surface area contributed by atoms with Gasteiger partial charge in [0.15, 0.2) is 0 Å². The van der Waals surface area contributed by atoms with Crippen molar-refractivity contribution in [3.63, 3.8) is 0 Å². The maximum absolute atomic E-state index is 10.9. The van der Waals surface area contributed by atoms with E-state index in [4.69, 9.17) is 16.2 Å². The van der Waals surface area contributed by atoms with Crippen molar-refractivity contribution in [3.8, 4) is 11.1 Å². The van der Waals surface area contributed by atoms with Gasteiger partial charge in [-0.2, -0.15) is 8.42 Å². The molecule has 88 valence electrons. The highest BCUT2D eigenvalue weighted by molar-refractivity contribution is 7.85. The predicted molar refractivity (Wildman–Crippen MR) is 66.7 cm³/mol. The molecule has 0 saturated heterocycles. The van der Waals surface area contributed by atoms with Crippen LogP contribution >= 0.6 is 11.6 Å². The van der Waals surface area contributed by atoms with Crippen molar-refractivity contribution in [1.82, 2.24) is 0 Å². The van der Waals surface area contributed by atoms with Crippen molar-refractivity contribution in [2.45, 2.75) is 4.90 Å². The highest BCUT2D eigenvalue weighted by Crippen LogP contribution is 2.22. The molecule has 0 unspecified atom stereocenters. The van der Waals surface area contributed by atoms with Gasteiger partial charge < -0.3 is 0 Å². The molecule has 0 heterocycles. The first-order valence-electron chi connectivity index (χ1n) is 4.80. The summed E-state index contributed by atoms with van der Waals surface area (Å²) < 4.78 is 30.6. The fourth-order valence-corrected chi connectivity index (χ4v) is 2.07. The zero-order chi connectivity index (χ0) is 12.5.